The zero-order chi connectivity index (χ0) is 21.6. The highest BCUT2D eigenvalue weighted by molar-refractivity contribution is 5.87. The van der Waals surface area contributed by atoms with Crippen LogP contribution < -0.4 is 0 Å². The van der Waals surface area contributed by atoms with E-state index in [1.165, 1.54) is 12.0 Å². The molecule has 0 heterocycles. The number of carbonyl (C=O) groups excluding carboxylic acids is 2. The maximum Gasteiger partial charge on any atom is 0.331 e. The van der Waals surface area contributed by atoms with E-state index in [4.69, 9.17) is 4.74 Å². The van der Waals surface area contributed by atoms with Crippen molar-refractivity contribution in [2.24, 2.45) is 28.6 Å². The number of ketones is 1. The number of ether oxygens (including phenoxy) is 1. The molecule has 1 aromatic carbocycles. The van der Waals surface area contributed by atoms with Crippen LogP contribution in [0.3, 0.4) is 0 Å². The summed E-state index contributed by atoms with van der Waals surface area (Å²) >= 11 is 0. The van der Waals surface area contributed by atoms with Crippen LogP contribution in [0.1, 0.15) is 70.8 Å². The molecule has 3 nitrogen and oxygen atoms in total. The Hall–Kier alpha value is -2.16. The molecule has 0 bridgehead atoms. The lowest BCUT2D eigenvalue weighted by molar-refractivity contribution is -0.145. The Balaban J connectivity index is 1.26. The predicted octanol–water partition coefficient (Wildman–Crippen LogP) is 6.14. The van der Waals surface area contributed by atoms with Crippen LogP contribution in [0.15, 0.2) is 48.1 Å². The predicted molar refractivity (Wildman–Crippen MR) is 122 cm³/mol. The van der Waals surface area contributed by atoms with Gasteiger partial charge in [0.2, 0.25) is 0 Å². The van der Waals surface area contributed by atoms with E-state index in [1.807, 2.05) is 36.4 Å². The second kappa shape index (κ2) is 7.76. The average molecular weight is 419 g/mol. The van der Waals surface area contributed by atoms with Gasteiger partial charge < -0.3 is 4.74 Å². The summed E-state index contributed by atoms with van der Waals surface area (Å²) in [5.74, 6) is 2.14. The highest BCUT2D eigenvalue weighted by Crippen LogP contribution is 2.64. The molecule has 0 radical (unpaired) electrons. The number of esters is 1. The first-order valence-corrected chi connectivity index (χ1v) is 12.1. The van der Waals surface area contributed by atoms with E-state index in [0.29, 0.717) is 23.5 Å². The number of Topliss-reactive ketones (excluding diaryl/α,β-unsaturated/α-hetero) is 1. The zero-order valence-corrected chi connectivity index (χ0v) is 18.8. The third-order valence-electron chi connectivity index (χ3n) is 9.26. The zero-order valence-electron chi connectivity index (χ0n) is 18.8. The van der Waals surface area contributed by atoms with E-state index in [1.54, 1.807) is 6.08 Å². The summed E-state index contributed by atoms with van der Waals surface area (Å²) in [6, 6.07) is 9.85. The number of carbonyl (C=O) groups is 2. The number of benzene rings is 1. The van der Waals surface area contributed by atoms with Crippen molar-refractivity contribution < 1.29 is 14.3 Å². The lowest BCUT2D eigenvalue weighted by Gasteiger charge is -2.56. The normalized spacial score (nSPS) is 39.4. The Kier molecular flexibility index (Phi) is 5.19. The van der Waals surface area contributed by atoms with Crippen molar-refractivity contribution in [1.29, 1.82) is 0 Å². The van der Waals surface area contributed by atoms with Gasteiger partial charge in [0.25, 0.3) is 0 Å². The minimum absolute atomic E-state index is 0.0225. The SMILES string of the molecule is C[C@@]12CC[C@@H]3[C@H](CC=C4C[C@H](OC(=O)/C=C\c5ccccc5)CC[C@@]43C)[C@H]1CCC2=O. The molecule has 1 aromatic rings. The summed E-state index contributed by atoms with van der Waals surface area (Å²) < 4.78 is 5.83. The number of rotatable bonds is 3. The molecule has 3 saturated carbocycles. The van der Waals surface area contributed by atoms with E-state index in [0.717, 1.165) is 50.5 Å². The molecule has 164 valence electrons. The number of hydrogen-bond acceptors (Lipinski definition) is 3. The Morgan fingerprint density at radius 3 is 2.58 bits per heavy atom. The minimum atomic E-state index is -0.246. The largest absolute Gasteiger partial charge is 0.459 e. The first kappa shape index (κ1) is 20.7. The fourth-order valence-electron chi connectivity index (χ4n) is 7.43. The number of allylic oxidation sites excluding steroid dienone is 1. The molecule has 0 unspecified atom stereocenters. The second-order valence-electron chi connectivity index (χ2n) is 10.7. The Morgan fingerprint density at radius 2 is 1.77 bits per heavy atom. The molecular weight excluding hydrogens is 384 g/mol. The fourth-order valence-corrected chi connectivity index (χ4v) is 7.43. The summed E-state index contributed by atoms with van der Waals surface area (Å²) in [7, 11) is 0. The third-order valence-corrected chi connectivity index (χ3v) is 9.26. The minimum Gasteiger partial charge on any atom is -0.459 e. The molecule has 3 fully saturated rings. The highest BCUT2D eigenvalue weighted by Gasteiger charge is 2.58. The molecule has 0 amide bonds. The maximum absolute atomic E-state index is 12.6. The second-order valence-corrected chi connectivity index (χ2v) is 10.7. The van der Waals surface area contributed by atoms with Crippen molar-refractivity contribution in [2.75, 3.05) is 0 Å². The van der Waals surface area contributed by atoms with Crippen LogP contribution in [0.2, 0.25) is 0 Å². The standard InChI is InChI=1S/C28H34O3/c1-27-16-14-21(31-26(30)13-8-19-6-4-3-5-7-19)18-20(27)9-10-22-23-11-12-25(29)28(23,2)17-15-24(22)27/h3-9,13,21-24H,10-12,14-18H2,1-2H3/b13-8-/t21-,22-,23-,24-,27+,28-/m1/s1. The van der Waals surface area contributed by atoms with Gasteiger partial charge in [-0.2, -0.15) is 0 Å². The monoisotopic (exact) mass is 418 g/mol. The van der Waals surface area contributed by atoms with Crippen LogP contribution in [0, 0.1) is 28.6 Å². The van der Waals surface area contributed by atoms with Gasteiger partial charge in [-0.15, -0.1) is 0 Å². The van der Waals surface area contributed by atoms with Gasteiger partial charge >= 0.3 is 5.97 Å². The quantitative estimate of drug-likeness (QED) is 0.336. The van der Waals surface area contributed by atoms with Crippen molar-refractivity contribution in [3.05, 3.63) is 53.6 Å². The summed E-state index contributed by atoms with van der Waals surface area (Å²) in [4.78, 5) is 25.0. The van der Waals surface area contributed by atoms with Crippen LogP contribution in [-0.2, 0) is 14.3 Å². The lowest BCUT2D eigenvalue weighted by Crippen LogP contribution is -2.50. The van der Waals surface area contributed by atoms with Crippen molar-refractivity contribution in [3.8, 4) is 0 Å². The van der Waals surface area contributed by atoms with Crippen LogP contribution >= 0.6 is 0 Å². The van der Waals surface area contributed by atoms with Gasteiger partial charge in [-0.05, 0) is 73.3 Å². The number of fused-ring (bicyclic) bond motifs is 5. The molecule has 0 aliphatic heterocycles. The molecule has 4 aliphatic rings. The van der Waals surface area contributed by atoms with Gasteiger partial charge in [0, 0.05) is 24.3 Å². The maximum atomic E-state index is 12.6. The summed E-state index contributed by atoms with van der Waals surface area (Å²) in [5, 5.41) is 0. The smallest absolute Gasteiger partial charge is 0.331 e. The summed E-state index contributed by atoms with van der Waals surface area (Å²) in [5.41, 5.74) is 2.64. The molecule has 0 N–H and O–H groups in total. The fraction of sp³-hybridized carbons (Fsp3) is 0.571. The van der Waals surface area contributed by atoms with E-state index < -0.39 is 0 Å². The van der Waals surface area contributed by atoms with E-state index in [9.17, 15) is 9.59 Å². The van der Waals surface area contributed by atoms with E-state index >= 15 is 0 Å². The molecule has 0 spiro atoms. The van der Waals surface area contributed by atoms with Crippen molar-refractivity contribution in [2.45, 2.75) is 71.3 Å². The molecule has 3 heteroatoms. The van der Waals surface area contributed by atoms with Crippen molar-refractivity contribution in [1.82, 2.24) is 0 Å². The van der Waals surface area contributed by atoms with Crippen LogP contribution in [0.4, 0.5) is 0 Å². The van der Waals surface area contributed by atoms with Crippen LogP contribution in [0.25, 0.3) is 6.08 Å². The number of hydrogen-bond donors (Lipinski definition) is 0. The first-order chi connectivity index (χ1) is 14.9. The van der Waals surface area contributed by atoms with E-state index in [2.05, 4.69) is 19.9 Å². The molecule has 0 aromatic heterocycles. The molecular formula is C28H34O3. The molecule has 5 rings (SSSR count). The molecule has 31 heavy (non-hydrogen) atoms. The van der Waals surface area contributed by atoms with Crippen LogP contribution in [0.5, 0.6) is 0 Å². The Morgan fingerprint density at radius 1 is 1.03 bits per heavy atom. The average Bonchev–Trinajstić information content (AvgIpc) is 3.08. The van der Waals surface area contributed by atoms with Crippen molar-refractivity contribution in [3.63, 3.8) is 0 Å². The first-order valence-electron chi connectivity index (χ1n) is 12.1. The highest BCUT2D eigenvalue weighted by atomic mass is 16.5. The topological polar surface area (TPSA) is 43.4 Å². The van der Waals surface area contributed by atoms with Gasteiger partial charge in [-0.3, -0.25) is 4.79 Å². The van der Waals surface area contributed by atoms with Gasteiger partial charge in [0.15, 0.2) is 0 Å². The third kappa shape index (κ3) is 3.50. The molecule has 4 aliphatic carbocycles. The van der Waals surface area contributed by atoms with Gasteiger partial charge in [-0.25, -0.2) is 4.79 Å². The Labute approximate surface area is 185 Å². The van der Waals surface area contributed by atoms with E-state index in [-0.39, 0.29) is 22.9 Å². The van der Waals surface area contributed by atoms with Gasteiger partial charge in [-0.1, -0.05) is 55.8 Å². The molecule has 6 atom stereocenters. The Bertz CT molecular complexity index is 929. The van der Waals surface area contributed by atoms with Crippen molar-refractivity contribution >= 4 is 17.8 Å². The van der Waals surface area contributed by atoms with Gasteiger partial charge in [0.1, 0.15) is 11.9 Å². The van der Waals surface area contributed by atoms with Gasteiger partial charge in [0.05, 0.1) is 0 Å². The molecule has 0 saturated heterocycles. The lowest BCUT2D eigenvalue weighted by atomic mass is 9.48. The summed E-state index contributed by atoms with van der Waals surface area (Å²) in [6.45, 7) is 4.69. The van der Waals surface area contributed by atoms with Crippen LogP contribution in [-0.4, -0.2) is 17.9 Å². The summed E-state index contributed by atoms with van der Waals surface area (Å²) in [6.07, 6.45) is 13.9.